The van der Waals surface area contributed by atoms with Crippen molar-refractivity contribution in [1.29, 1.82) is 5.26 Å². The van der Waals surface area contributed by atoms with Crippen LogP contribution in [-0.4, -0.2) is 28.5 Å². The standard InChI is InChI=1S/C21H16ClN5O2/c1-12-10-27(21(28)18-19(24)25-11-26-20(18)29-12)14-6-7-15(13(8-14)9-23)16-4-2-3-5-17(16)22/h2-8,11-12H,10H2,1H3,(H2,24,25,26)/t12-/m1/s1. The maximum absolute atomic E-state index is 13.2. The summed E-state index contributed by atoms with van der Waals surface area (Å²) in [5.74, 6) is -0.171. The van der Waals surface area contributed by atoms with Crippen LogP contribution in [0.3, 0.4) is 0 Å². The second-order valence-corrected chi connectivity index (χ2v) is 7.01. The van der Waals surface area contributed by atoms with Crippen molar-refractivity contribution in [2.75, 3.05) is 17.2 Å². The van der Waals surface area contributed by atoms with Crippen molar-refractivity contribution in [3.05, 3.63) is 64.9 Å². The maximum atomic E-state index is 13.2. The molecule has 2 N–H and O–H groups in total. The van der Waals surface area contributed by atoms with Crippen LogP contribution in [0.4, 0.5) is 11.5 Å². The molecule has 2 heterocycles. The average Bonchev–Trinajstić information content (AvgIpc) is 2.84. The second-order valence-electron chi connectivity index (χ2n) is 6.60. The summed E-state index contributed by atoms with van der Waals surface area (Å²) in [5, 5.41) is 10.3. The van der Waals surface area contributed by atoms with E-state index in [1.807, 2.05) is 25.1 Å². The summed E-state index contributed by atoms with van der Waals surface area (Å²) >= 11 is 6.30. The number of amides is 1. The van der Waals surface area contributed by atoms with Crippen LogP contribution in [0.2, 0.25) is 5.02 Å². The van der Waals surface area contributed by atoms with Crippen LogP contribution in [0.15, 0.2) is 48.8 Å². The average molecular weight is 406 g/mol. The SMILES string of the molecule is C[C@@H]1CN(c2ccc(-c3ccccc3Cl)c(C#N)c2)C(=O)c2c(N)ncnc2O1. The number of hydrogen-bond acceptors (Lipinski definition) is 6. The van der Waals surface area contributed by atoms with E-state index >= 15 is 0 Å². The molecular weight excluding hydrogens is 390 g/mol. The van der Waals surface area contributed by atoms with Gasteiger partial charge in [0.15, 0.2) is 0 Å². The summed E-state index contributed by atoms with van der Waals surface area (Å²) in [6, 6.07) is 14.7. The zero-order valence-electron chi connectivity index (χ0n) is 15.5. The molecule has 0 fully saturated rings. The summed E-state index contributed by atoms with van der Waals surface area (Å²) in [7, 11) is 0. The normalized spacial score (nSPS) is 15.8. The Bertz CT molecular complexity index is 1160. The number of halogens is 1. The third-order valence-electron chi connectivity index (χ3n) is 4.65. The molecule has 144 valence electrons. The summed E-state index contributed by atoms with van der Waals surface area (Å²) in [6.07, 6.45) is 0.930. The van der Waals surface area contributed by atoms with Gasteiger partial charge in [-0.1, -0.05) is 35.9 Å². The van der Waals surface area contributed by atoms with E-state index in [2.05, 4.69) is 16.0 Å². The van der Waals surface area contributed by atoms with Crippen molar-refractivity contribution < 1.29 is 9.53 Å². The first kappa shape index (κ1) is 18.7. The second kappa shape index (κ2) is 7.41. The van der Waals surface area contributed by atoms with Crippen LogP contribution in [0, 0.1) is 11.3 Å². The molecule has 0 bridgehead atoms. The van der Waals surface area contributed by atoms with Gasteiger partial charge < -0.3 is 15.4 Å². The molecule has 29 heavy (non-hydrogen) atoms. The number of nitrogen functional groups attached to an aromatic ring is 1. The van der Waals surface area contributed by atoms with Gasteiger partial charge in [0.1, 0.15) is 23.8 Å². The summed E-state index contributed by atoms with van der Waals surface area (Å²) in [6.45, 7) is 2.10. The third kappa shape index (κ3) is 3.35. The quantitative estimate of drug-likeness (QED) is 0.697. The van der Waals surface area contributed by atoms with Crippen molar-refractivity contribution >= 4 is 29.0 Å². The maximum Gasteiger partial charge on any atom is 0.267 e. The van der Waals surface area contributed by atoms with E-state index in [-0.39, 0.29) is 35.8 Å². The minimum atomic E-state index is -0.378. The number of nitriles is 1. The minimum Gasteiger partial charge on any atom is -0.472 e. The van der Waals surface area contributed by atoms with E-state index in [9.17, 15) is 10.1 Å². The molecule has 1 atom stereocenters. The number of ether oxygens (including phenoxy) is 1. The number of rotatable bonds is 2. The molecule has 0 saturated heterocycles. The number of nitrogens with two attached hydrogens (primary N) is 1. The number of anilines is 2. The van der Waals surface area contributed by atoms with Crippen molar-refractivity contribution in [2.45, 2.75) is 13.0 Å². The topological polar surface area (TPSA) is 105 Å². The van der Waals surface area contributed by atoms with Gasteiger partial charge in [0, 0.05) is 21.8 Å². The molecule has 7 nitrogen and oxygen atoms in total. The van der Waals surface area contributed by atoms with Gasteiger partial charge in [-0.3, -0.25) is 4.79 Å². The Labute approximate surface area is 172 Å². The van der Waals surface area contributed by atoms with Crippen molar-refractivity contribution in [2.24, 2.45) is 0 Å². The number of fused-ring (bicyclic) bond motifs is 1. The number of carbonyl (C=O) groups is 1. The zero-order chi connectivity index (χ0) is 20.5. The number of carbonyl (C=O) groups excluding carboxylic acids is 1. The van der Waals surface area contributed by atoms with E-state index in [4.69, 9.17) is 22.1 Å². The highest BCUT2D eigenvalue weighted by Crippen LogP contribution is 2.34. The molecule has 4 rings (SSSR count). The predicted molar refractivity (Wildman–Crippen MR) is 110 cm³/mol. The zero-order valence-corrected chi connectivity index (χ0v) is 16.2. The number of benzene rings is 2. The van der Waals surface area contributed by atoms with Crippen LogP contribution >= 0.6 is 11.6 Å². The molecule has 1 aliphatic heterocycles. The van der Waals surface area contributed by atoms with Crippen LogP contribution in [0.5, 0.6) is 5.88 Å². The monoisotopic (exact) mass is 405 g/mol. The Morgan fingerprint density at radius 2 is 2.03 bits per heavy atom. The van der Waals surface area contributed by atoms with E-state index in [1.54, 1.807) is 24.3 Å². The van der Waals surface area contributed by atoms with Gasteiger partial charge in [0.05, 0.1) is 18.2 Å². The van der Waals surface area contributed by atoms with Gasteiger partial charge in [-0.2, -0.15) is 5.26 Å². The third-order valence-corrected chi connectivity index (χ3v) is 4.98. The van der Waals surface area contributed by atoms with Crippen molar-refractivity contribution in [3.63, 3.8) is 0 Å². The highest BCUT2D eigenvalue weighted by molar-refractivity contribution is 6.33. The molecule has 0 radical (unpaired) electrons. The lowest BCUT2D eigenvalue weighted by atomic mass is 9.99. The Morgan fingerprint density at radius 1 is 1.24 bits per heavy atom. The summed E-state index contributed by atoms with van der Waals surface area (Å²) in [5.41, 5.74) is 8.42. The van der Waals surface area contributed by atoms with Gasteiger partial charge in [0.2, 0.25) is 5.88 Å². The molecule has 1 amide bonds. The molecule has 0 spiro atoms. The number of aromatic nitrogens is 2. The lowest BCUT2D eigenvalue weighted by Crippen LogP contribution is -2.36. The van der Waals surface area contributed by atoms with Gasteiger partial charge in [0.25, 0.3) is 5.91 Å². The lowest BCUT2D eigenvalue weighted by molar-refractivity contribution is 0.0988. The summed E-state index contributed by atoms with van der Waals surface area (Å²) < 4.78 is 5.75. The number of nitrogens with zero attached hydrogens (tertiary/aromatic N) is 4. The Balaban J connectivity index is 1.81. The van der Waals surface area contributed by atoms with Crippen LogP contribution in [-0.2, 0) is 0 Å². The van der Waals surface area contributed by atoms with E-state index in [1.165, 1.54) is 11.2 Å². The first-order chi connectivity index (χ1) is 14.0. The molecule has 0 unspecified atom stereocenters. The predicted octanol–water partition coefficient (Wildman–Crippen LogP) is 3.68. The van der Waals surface area contributed by atoms with Crippen LogP contribution in [0.25, 0.3) is 11.1 Å². The van der Waals surface area contributed by atoms with Crippen molar-refractivity contribution in [1.82, 2.24) is 9.97 Å². The molecule has 2 aromatic carbocycles. The highest BCUT2D eigenvalue weighted by atomic mass is 35.5. The van der Waals surface area contributed by atoms with Crippen LogP contribution in [0.1, 0.15) is 22.8 Å². The molecule has 0 saturated carbocycles. The Hall–Kier alpha value is -3.63. The van der Waals surface area contributed by atoms with Crippen molar-refractivity contribution in [3.8, 4) is 23.1 Å². The number of hydrogen-bond donors (Lipinski definition) is 1. The first-order valence-electron chi connectivity index (χ1n) is 8.87. The molecule has 3 aromatic rings. The first-order valence-corrected chi connectivity index (χ1v) is 9.25. The van der Waals surface area contributed by atoms with E-state index in [0.29, 0.717) is 21.8 Å². The van der Waals surface area contributed by atoms with Gasteiger partial charge in [-0.15, -0.1) is 0 Å². The molecule has 8 heteroatoms. The largest absolute Gasteiger partial charge is 0.472 e. The molecule has 0 aliphatic carbocycles. The Kier molecular flexibility index (Phi) is 4.79. The molecule has 1 aliphatic rings. The summed E-state index contributed by atoms with van der Waals surface area (Å²) in [4.78, 5) is 22.7. The van der Waals surface area contributed by atoms with Gasteiger partial charge >= 0.3 is 0 Å². The fourth-order valence-electron chi connectivity index (χ4n) is 3.31. The van der Waals surface area contributed by atoms with Gasteiger partial charge in [-0.25, -0.2) is 9.97 Å². The van der Waals surface area contributed by atoms with Crippen LogP contribution < -0.4 is 15.4 Å². The lowest BCUT2D eigenvalue weighted by Gasteiger charge is -2.23. The van der Waals surface area contributed by atoms with E-state index < -0.39 is 0 Å². The smallest absolute Gasteiger partial charge is 0.267 e. The van der Waals surface area contributed by atoms with E-state index in [0.717, 1.165) is 5.56 Å². The molecule has 1 aromatic heterocycles. The molecular formula is C21H16ClN5O2. The van der Waals surface area contributed by atoms with Gasteiger partial charge in [-0.05, 0) is 25.1 Å². The highest BCUT2D eigenvalue weighted by Gasteiger charge is 2.31. The fourth-order valence-corrected chi connectivity index (χ4v) is 3.54. The minimum absolute atomic E-state index is 0.0484. The fraction of sp³-hybridized carbons (Fsp3) is 0.143. The Morgan fingerprint density at radius 3 is 2.79 bits per heavy atom.